The number of rotatable bonds is 13. The highest BCUT2D eigenvalue weighted by Crippen LogP contribution is 2.40. The van der Waals surface area contributed by atoms with Gasteiger partial charge in [0.25, 0.3) is 17.4 Å². The van der Waals surface area contributed by atoms with Gasteiger partial charge in [-0.05, 0) is 68.7 Å². The number of non-ortho nitro benzene ring substituents is 1. The zero-order valence-corrected chi connectivity index (χ0v) is 22.9. The third-order valence-electron chi connectivity index (χ3n) is 6.59. The minimum absolute atomic E-state index is 0.00854. The summed E-state index contributed by atoms with van der Waals surface area (Å²) in [6.07, 6.45) is 5.15. The van der Waals surface area contributed by atoms with E-state index >= 15 is 0 Å². The molecule has 2 aromatic rings. The van der Waals surface area contributed by atoms with Crippen molar-refractivity contribution in [3.63, 3.8) is 0 Å². The third kappa shape index (κ3) is 7.05. The molecule has 0 aromatic heterocycles. The molecule has 3 rings (SSSR count). The Labute approximate surface area is 226 Å². The highest BCUT2D eigenvalue weighted by atomic mass is 79.9. The van der Waals surface area contributed by atoms with Gasteiger partial charge in [0.2, 0.25) is 0 Å². The monoisotopic (exact) mass is 571 g/mol. The topological polar surface area (TPSA) is 104 Å². The smallest absolute Gasteiger partial charge is 0.295 e. The summed E-state index contributed by atoms with van der Waals surface area (Å²) in [5.41, 5.74) is 0.807. The van der Waals surface area contributed by atoms with Crippen molar-refractivity contribution in [2.75, 3.05) is 26.2 Å². The van der Waals surface area contributed by atoms with Crippen LogP contribution in [0.3, 0.4) is 0 Å². The summed E-state index contributed by atoms with van der Waals surface area (Å²) >= 11 is 3.47. The number of likely N-dealkylation sites (tertiary alicyclic amines) is 1. The molecular weight excluding hydrogens is 538 g/mol. The summed E-state index contributed by atoms with van der Waals surface area (Å²) in [5, 5.41) is 22.2. The van der Waals surface area contributed by atoms with E-state index < -0.39 is 22.7 Å². The molecule has 1 atom stereocenters. The Morgan fingerprint density at radius 2 is 1.65 bits per heavy atom. The Morgan fingerprint density at radius 1 is 1.03 bits per heavy atom. The molecule has 0 unspecified atom stereocenters. The molecule has 1 amide bonds. The standard InChI is InChI=1S/C28H34BrN3O5/c1-3-5-15-30(16-6-4-2)17-8-18-31-25(21-9-7-10-22(29)19-21)24(27(34)28(31)35)26(33)20-11-13-23(14-12-20)32(36)37/h7,9-14,19,25,33H,3-6,8,15-18H2,1-2H3/t25-/m1/s1. The van der Waals surface area contributed by atoms with Gasteiger partial charge in [0, 0.05) is 28.7 Å². The number of nitrogens with zero attached hydrogens (tertiary/aromatic N) is 3. The molecule has 1 fully saturated rings. The molecule has 198 valence electrons. The van der Waals surface area contributed by atoms with Crippen LogP contribution in [0.4, 0.5) is 5.69 Å². The van der Waals surface area contributed by atoms with Crippen molar-refractivity contribution in [2.24, 2.45) is 0 Å². The van der Waals surface area contributed by atoms with Gasteiger partial charge in [-0.2, -0.15) is 0 Å². The van der Waals surface area contributed by atoms with Crippen LogP contribution in [0, 0.1) is 10.1 Å². The van der Waals surface area contributed by atoms with E-state index in [4.69, 9.17) is 0 Å². The Kier molecular flexibility index (Phi) is 10.4. The second-order valence-corrected chi connectivity index (χ2v) is 10.2. The van der Waals surface area contributed by atoms with Crippen LogP contribution < -0.4 is 0 Å². The molecule has 1 N–H and O–H groups in total. The number of halogens is 1. The predicted molar refractivity (Wildman–Crippen MR) is 147 cm³/mol. The van der Waals surface area contributed by atoms with Gasteiger partial charge in [-0.15, -0.1) is 0 Å². The number of unbranched alkanes of at least 4 members (excludes halogenated alkanes) is 2. The summed E-state index contributed by atoms with van der Waals surface area (Å²) in [5.74, 6) is -1.75. The van der Waals surface area contributed by atoms with Crippen LogP contribution in [-0.2, 0) is 9.59 Å². The van der Waals surface area contributed by atoms with Gasteiger partial charge < -0.3 is 14.9 Å². The van der Waals surface area contributed by atoms with Crippen molar-refractivity contribution in [1.82, 2.24) is 9.80 Å². The van der Waals surface area contributed by atoms with Crippen LogP contribution in [0.2, 0.25) is 0 Å². The number of aliphatic hydroxyl groups excluding tert-OH is 1. The van der Waals surface area contributed by atoms with Crippen LogP contribution in [0.15, 0.2) is 58.6 Å². The van der Waals surface area contributed by atoms with Crippen molar-refractivity contribution in [2.45, 2.75) is 52.0 Å². The van der Waals surface area contributed by atoms with Crippen molar-refractivity contribution in [3.8, 4) is 0 Å². The number of carbonyl (C=O) groups is 2. The Morgan fingerprint density at radius 3 is 2.22 bits per heavy atom. The van der Waals surface area contributed by atoms with Gasteiger partial charge in [-0.1, -0.05) is 54.8 Å². The highest BCUT2D eigenvalue weighted by molar-refractivity contribution is 9.10. The largest absolute Gasteiger partial charge is 0.507 e. The fourth-order valence-electron chi connectivity index (χ4n) is 4.59. The quantitative estimate of drug-likeness (QED) is 0.103. The van der Waals surface area contributed by atoms with Crippen molar-refractivity contribution < 1.29 is 19.6 Å². The molecule has 37 heavy (non-hydrogen) atoms. The summed E-state index contributed by atoms with van der Waals surface area (Å²) in [4.78, 5) is 40.9. The summed E-state index contributed by atoms with van der Waals surface area (Å²) in [7, 11) is 0. The minimum atomic E-state index is -0.757. The molecule has 0 bridgehead atoms. The molecule has 9 heteroatoms. The molecule has 1 aliphatic heterocycles. The lowest BCUT2D eigenvalue weighted by molar-refractivity contribution is -0.384. The molecule has 1 aliphatic rings. The predicted octanol–water partition coefficient (Wildman–Crippen LogP) is 6.07. The molecule has 0 spiro atoms. The van der Waals surface area contributed by atoms with Crippen molar-refractivity contribution in [1.29, 1.82) is 0 Å². The molecule has 2 aromatic carbocycles. The average molecular weight is 573 g/mol. The molecule has 1 saturated heterocycles. The normalized spacial score (nSPS) is 17.1. The van der Waals surface area contributed by atoms with Crippen LogP contribution in [0.5, 0.6) is 0 Å². The summed E-state index contributed by atoms with van der Waals surface area (Å²) in [6.45, 7) is 7.53. The van der Waals surface area contributed by atoms with Gasteiger partial charge in [0.05, 0.1) is 16.5 Å². The van der Waals surface area contributed by atoms with Gasteiger partial charge in [0.15, 0.2) is 0 Å². The number of nitro benzene ring substituents is 1. The Balaban J connectivity index is 1.93. The number of hydrogen-bond donors (Lipinski definition) is 1. The van der Waals surface area contributed by atoms with Crippen LogP contribution in [0.1, 0.15) is 63.1 Å². The summed E-state index contributed by atoms with van der Waals surface area (Å²) in [6, 6.07) is 11.9. The fourth-order valence-corrected chi connectivity index (χ4v) is 5.01. The van der Waals surface area contributed by atoms with E-state index in [2.05, 4.69) is 34.7 Å². The van der Waals surface area contributed by atoms with Crippen molar-refractivity contribution >= 4 is 39.1 Å². The lowest BCUT2D eigenvalue weighted by atomic mass is 9.95. The molecule has 0 radical (unpaired) electrons. The molecule has 8 nitrogen and oxygen atoms in total. The zero-order valence-electron chi connectivity index (χ0n) is 21.4. The fraction of sp³-hybridized carbons (Fsp3) is 0.429. The van der Waals surface area contributed by atoms with Crippen LogP contribution in [0.25, 0.3) is 5.76 Å². The molecular formula is C28H34BrN3O5. The molecule has 0 saturated carbocycles. The number of nitro groups is 1. The second kappa shape index (κ2) is 13.5. The Hall–Kier alpha value is -3.04. The van der Waals surface area contributed by atoms with Crippen molar-refractivity contribution in [3.05, 3.63) is 79.8 Å². The minimum Gasteiger partial charge on any atom is -0.507 e. The van der Waals surface area contributed by atoms with Gasteiger partial charge in [0.1, 0.15) is 5.76 Å². The van der Waals surface area contributed by atoms with Crippen LogP contribution in [-0.4, -0.2) is 57.7 Å². The number of benzene rings is 2. The number of Topliss-reactive ketones (excluding diaryl/α,β-unsaturated/α-hetero) is 1. The summed E-state index contributed by atoms with van der Waals surface area (Å²) < 4.78 is 0.788. The van der Waals surface area contributed by atoms with E-state index in [1.165, 1.54) is 24.3 Å². The maximum absolute atomic E-state index is 13.2. The third-order valence-corrected chi connectivity index (χ3v) is 7.08. The first-order chi connectivity index (χ1) is 17.8. The first-order valence-corrected chi connectivity index (χ1v) is 13.6. The zero-order chi connectivity index (χ0) is 26.9. The van der Waals surface area contributed by atoms with E-state index in [0.29, 0.717) is 18.5 Å². The SMILES string of the molecule is CCCCN(CCCC)CCCN1C(=O)C(=O)C(=C(O)c2ccc([N+](=O)[O-])cc2)[C@H]1c1cccc(Br)c1. The number of aliphatic hydroxyl groups is 1. The van der Waals surface area contributed by atoms with E-state index in [-0.39, 0.29) is 22.6 Å². The van der Waals surface area contributed by atoms with Gasteiger partial charge in [-0.3, -0.25) is 19.7 Å². The van der Waals surface area contributed by atoms with Gasteiger partial charge in [-0.25, -0.2) is 0 Å². The van der Waals surface area contributed by atoms with Crippen LogP contribution >= 0.6 is 15.9 Å². The maximum Gasteiger partial charge on any atom is 0.295 e. The van der Waals surface area contributed by atoms with E-state index in [1.54, 1.807) is 4.90 Å². The number of carbonyl (C=O) groups excluding carboxylic acids is 2. The highest BCUT2D eigenvalue weighted by Gasteiger charge is 2.45. The first-order valence-electron chi connectivity index (χ1n) is 12.8. The number of ketones is 1. The lowest BCUT2D eigenvalue weighted by Gasteiger charge is -2.27. The second-order valence-electron chi connectivity index (χ2n) is 9.25. The van der Waals surface area contributed by atoms with E-state index in [0.717, 1.165) is 49.8 Å². The van der Waals surface area contributed by atoms with E-state index in [9.17, 15) is 24.8 Å². The molecule has 0 aliphatic carbocycles. The lowest BCUT2D eigenvalue weighted by Crippen LogP contribution is -2.34. The number of amides is 1. The van der Waals surface area contributed by atoms with E-state index in [1.807, 2.05) is 24.3 Å². The number of hydrogen-bond acceptors (Lipinski definition) is 6. The Bertz CT molecular complexity index is 1140. The first kappa shape index (κ1) is 28.5. The maximum atomic E-state index is 13.2. The van der Waals surface area contributed by atoms with Gasteiger partial charge >= 0.3 is 0 Å². The molecule has 1 heterocycles. The average Bonchev–Trinajstić information content (AvgIpc) is 3.14.